The Kier molecular flexibility index (Phi) is 6.00. The van der Waals surface area contributed by atoms with Crippen LogP contribution in [0.4, 0.5) is 10.1 Å². The summed E-state index contributed by atoms with van der Waals surface area (Å²) in [4.78, 5) is 8.55. The van der Waals surface area contributed by atoms with Crippen LogP contribution in [0.25, 0.3) is 0 Å². The van der Waals surface area contributed by atoms with E-state index in [1.807, 2.05) is 12.1 Å². The number of guanidine groups is 1. The predicted octanol–water partition coefficient (Wildman–Crippen LogP) is 1.26. The Bertz CT molecular complexity index is 509. The van der Waals surface area contributed by atoms with Crippen molar-refractivity contribution in [3.05, 3.63) is 29.6 Å². The van der Waals surface area contributed by atoms with E-state index in [1.54, 1.807) is 20.2 Å². The summed E-state index contributed by atoms with van der Waals surface area (Å²) in [6, 6.07) is 5.47. The second kappa shape index (κ2) is 7.98. The van der Waals surface area contributed by atoms with Crippen molar-refractivity contribution in [2.75, 3.05) is 51.7 Å². The van der Waals surface area contributed by atoms with Crippen molar-refractivity contribution in [1.29, 1.82) is 0 Å². The molecule has 22 heavy (non-hydrogen) atoms. The summed E-state index contributed by atoms with van der Waals surface area (Å²) in [5.41, 5.74) is 1.61. The van der Waals surface area contributed by atoms with Crippen molar-refractivity contribution in [2.24, 2.45) is 4.99 Å². The highest BCUT2D eigenvalue weighted by Gasteiger charge is 2.18. The molecule has 1 heterocycles. The fourth-order valence-corrected chi connectivity index (χ4v) is 2.69. The molecule has 0 spiro atoms. The first-order valence-electron chi connectivity index (χ1n) is 7.82. The molecule has 0 saturated carbocycles. The summed E-state index contributed by atoms with van der Waals surface area (Å²) < 4.78 is 14.4. The maximum atomic E-state index is 14.4. The first-order chi connectivity index (χ1) is 10.7. The van der Waals surface area contributed by atoms with Gasteiger partial charge in [0.15, 0.2) is 5.96 Å². The summed E-state index contributed by atoms with van der Waals surface area (Å²) >= 11 is 0. The van der Waals surface area contributed by atoms with Crippen molar-refractivity contribution in [1.82, 2.24) is 15.5 Å². The van der Waals surface area contributed by atoms with E-state index in [4.69, 9.17) is 0 Å². The molecule has 2 N–H and O–H groups in total. The molecular weight excluding hydrogens is 281 g/mol. The minimum atomic E-state index is -0.149. The number of anilines is 1. The normalized spacial score (nSPS) is 16.7. The average Bonchev–Trinajstić information content (AvgIpc) is 2.56. The monoisotopic (exact) mass is 307 g/mol. The minimum absolute atomic E-state index is 0.149. The van der Waals surface area contributed by atoms with Crippen molar-refractivity contribution in [2.45, 2.75) is 13.5 Å². The molecule has 1 aromatic rings. The van der Waals surface area contributed by atoms with Crippen LogP contribution in [-0.2, 0) is 6.54 Å². The fourth-order valence-electron chi connectivity index (χ4n) is 2.69. The van der Waals surface area contributed by atoms with Crippen molar-refractivity contribution in [3.8, 4) is 0 Å². The van der Waals surface area contributed by atoms with Crippen LogP contribution in [0, 0.1) is 5.82 Å². The molecule has 0 unspecified atom stereocenters. The summed E-state index contributed by atoms with van der Waals surface area (Å²) in [7, 11) is 3.51. The number of piperazine rings is 1. The van der Waals surface area contributed by atoms with Crippen LogP contribution in [0.15, 0.2) is 23.2 Å². The van der Waals surface area contributed by atoms with Crippen molar-refractivity contribution >= 4 is 11.6 Å². The Morgan fingerprint density at radius 2 is 2.00 bits per heavy atom. The van der Waals surface area contributed by atoms with E-state index in [9.17, 15) is 4.39 Å². The van der Waals surface area contributed by atoms with Gasteiger partial charge in [-0.25, -0.2) is 4.39 Å². The Morgan fingerprint density at radius 3 is 2.55 bits per heavy atom. The number of hydrogen-bond donors (Lipinski definition) is 2. The van der Waals surface area contributed by atoms with Crippen LogP contribution in [0.2, 0.25) is 0 Å². The predicted molar refractivity (Wildman–Crippen MR) is 90.0 cm³/mol. The van der Waals surface area contributed by atoms with Gasteiger partial charge in [0.1, 0.15) is 5.82 Å². The van der Waals surface area contributed by atoms with Crippen LogP contribution >= 0.6 is 0 Å². The van der Waals surface area contributed by atoms with Crippen LogP contribution in [0.1, 0.15) is 12.5 Å². The summed E-state index contributed by atoms with van der Waals surface area (Å²) in [5, 5.41) is 6.07. The lowest BCUT2D eigenvalue weighted by molar-refractivity contribution is 0.270. The standard InChI is InChI=1S/C16H26FN5/c1-4-21-7-9-22(10-8-21)15-6-5-13(11-14(15)17)12-20-16(18-2)19-3/h5-6,11H,4,7-10,12H2,1-3H3,(H2,18,19,20). The summed E-state index contributed by atoms with van der Waals surface area (Å²) in [6.07, 6.45) is 0. The van der Waals surface area contributed by atoms with Gasteiger partial charge in [0.25, 0.3) is 0 Å². The molecule has 1 fully saturated rings. The van der Waals surface area contributed by atoms with E-state index in [0.29, 0.717) is 18.2 Å². The molecule has 0 aromatic heterocycles. The number of benzene rings is 1. The number of nitrogens with one attached hydrogen (secondary N) is 2. The van der Waals surface area contributed by atoms with Gasteiger partial charge >= 0.3 is 0 Å². The van der Waals surface area contributed by atoms with Gasteiger partial charge in [-0.1, -0.05) is 13.0 Å². The Hall–Kier alpha value is -1.82. The van der Waals surface area contributed by atoms with E-state index < -0.39 is 0 Å². The van der Waals surface area contributed by atoms with Gasteiger partial charge in [-0.15, -0.1) is 0 Å². The molecule has 1 aliphatic heterocycles. The van der Waals surface area contributed by atoms with Gasteiger partial charge in [-0.05, 0) is 24.2 Å². The fraction of sp³-hybridized carbons (Fsp3) is 0.562. The topological polar surface area (TPSA) is 42.9 Å². The molecule has 1 aliphatic rings. The van der Waals surface area contributed by atoms with Gasteiger partial charge < -0.3 is 20.4 Å². The summed E-state index contributed by atoms with van der Waals surface area (Å²) in [5.74, 6) is 0.545. The number of aliphatic imine (C=N–C) groups is 1. The Labute approximate surface area is 132 Å². The van der Waals surface area contributed by atoms with Crippen molar-refractivity contribution < 1.29 is 4.39 Å². The number of nitrogens with zero attached hydrogens (tertiary/aromatic N) is 3. The van der Waals surface area contributed by atoms with E-state index >= 15 is 0 Å². The molecule has 5 nitrogen and oxygen atoms in total. The minimum Gasteiger partial charge on any atom is -0.367 e. The van der Waals surface area contributed by atoms with Gasteiger partial charge in [0.2, 0.25) is 0 Å². The number of rotatable bonds is 4. The molecule has 122 valence electrons. The van der Waals surface area contributed by atoms with E-state index in [2.05, 4.69) is 32.3 Å². The number of halogens is 1. The average molecular weight is 307 g/mol. The molecule has 0 amide bonds. The first-order valence-corrected chi connectivity index (χ1v) is 7.82. The molecule has 0 atom stereocenters. The molecule has 0 bridgehead atoms. The maximum Gasteiger partial charge on any atom is 0.190 e. The lowest BCUT2D eigenvalue weighted by atomic mass is 10.1. The van der Waals surface area contributed by atoms with E-state index in [0.717, 1.165) is 38.3 Å². The zero-order valence-electron chi connectivity index (χ0n) is 13.7. The lowest BCUT2D eigenvalue weighted by Crippen LogP contribution is -2.46. The first kappa shape index (κ1) is 16.5. The SMILES string of the molecule is CCN1CCN(c2ccc(CNC(=NC)NC)cc2F)CC1. The smallest absolute Gasteiger partial charge is 0.190 e. The molecule has 6 heteroatoms. The highest BCUT2D eigenvalue weighted by Crippen LogP contribution is 2.22. The molecule has 0 aliphatic carbocycles. The highest BCUT2D eigenvalue weighted by molar-refractivity contribution is 5.79. The third-order valence-electron chi connectivity index (χ3n) is 4.09. The van der Waals surface area contributed by atoms with Crippen molar-refractivity contribution in [3.63, 3.8) is 0 Å². The van der Waals surface area contributed by atoms with Gasteiger partial charge in [0.05, 0.1) is 5.69 Å². The largest absolute Gasteiger partial charge is 0.367 e. The Balaban J connectivity index is 1.98. The van der Waals surface area contributed by atoms with E-state index in [-0.39, 0.29) is 5.82 Å². The van der Waals surface area contributed by atoms with Gasteiger partial charge in [0, 0.05) is 46.8 Å². The zero-order valence-corrected chi connectivity index (χ0v) is 13.7. The van der Waals surface area contributed by atoms with Gasteiger partial charge in [-0.3, -0.25) is 4.99 Å². The molecule has 0 radical (unpaired) electrons. The quantitative estimate of drug-likeness (QED) is 0.649. The highest BCUT2D eigenvalue weighted by atomic mass is 19.1. The third kappa shape index (κ3) is 4.10. The van der Waals surface area contributed by atoms with Crippen LogP contribution in [-0.4, -0.2) is 57.7 Å². The second-order valence-corrected chi connectivity index (χ2v) is 5.38. The maximum absolute atomic E-state index is 14.4. The Morgan fingerprint density at radius 1 is 1.27 bits per heavy atom. The van der Waals surface area contributed by atoms with Gasteiger partial charge in [-0.2, -0.15) is 0 Å². The number of likely N-dealkylation sites (N-methyl/N-ethyl adjacent to an activating group) is 1. The molecule has 2 rings (SSSR count). The summed E-state index contributed by atoms with van der Waals surface area (Å²) in [6.45, 7) is 7.54. The number of hydrogen-bond acceptors (Lipinski definition) is 3. The molecular formula is C16H26FN5. The second-order valence-electron chi connectivity index (χ2n) is 5.38. The van der Waals surface area contributed by atoms with Crippen LogP contribution < -0.4 is 15.5 Å². The molecule has 1 saturated heterocycles. The van der Waals surface area contributed by atoms with E-state index in [1.165, 1.54) is 0 Å². The molecule has 1 aromatic carbocycles. The zero-order chi connectivity index (χ0) is 15.9. The lowest BCUT2D eigenvalue weighted by Gasteiger charge is -2.35. The van der Waals surface area contributed by atoms with Crippen LogP contribution in [0.5, 0.6) is 0 Å². The van der Waals surface area contributed by atoms with Crippen LogP contribution in [0.3, 0.4) is 0 Å². The third-order valence-corrected chi connectivity index (χ3v) is 4.09.